The second-order valence-corrected chi connectivity index (χ2v) is 10.7. The van der Waals surface area contributed by atoms with E-state index in [2.05, 4.69) is 16.9 Å². The lowest BCUT2D eigenvalue weighted by molar-refractivity contribution is -0.137. The van der Waals surface area contributed by atoms with Crippen molar-refractivity contribution in [3.05, 3.63) is 39.9 Å². The number of halogens is 2. The van der Waals surface area contributed by atoms with Gasteiger partial charge in [0.1, 0.15) is 4.90 Å². The number of allylic oxidation sites excluding steroid dienone is 2. The van der Waals surface area contributed by atoms with Crippen LogP contribution in [0.3, 0.4) is 0 Å². The third kappa shape index (κ3) is 5.35. The summed E-state index contributed by atoms with van der Waals surface area (Å²) < 4.78 is 28.6. The zero-order chi connectivity index (χ0) is 21.2. The van der Waals surface area contributed by atoms with Gasteiger partial charge in [-0.15, -0.1) is 0 Å². The Balaban J connectivity index is 1.67. The van der Waals surface area contributed by atoms with E-state index in [4.69, 9.17) is 28.3 Å². The number of nitrogens with one attached hydrogen (secondary N) is 1. The minimum absolute atomic E-state index is 0.0903. The fourth-order valence-electron chi connectivity index (χ4n) is 4.99. The zero-order valence-corrected chi connectivity index (χ0v) is 18.7. The van der Waals surface area contributed by atoms with E-state index in [1.165, 1.54) is 12.5 Å². The molecule has 1 aromatic rings. The predicted molar refractivity (Wildman–Crippen MR) is 115 cm³/mol. The average Bonchev–Trinajstić information content (AvgIpc) is 3.20. The summed E-state index contributed by atoms with van der Waals surface area (Å²) in [4.78, 5) is 10.7. The number of rotatable bonds is 9. The number of hydrogen-bond donors (Lipinski definition) is 2. The first-order valence-corrected chi connectivity index (χ1v) is 12.3. The number of aryl methyl sites for hydroxylation is 1. The van der Waals surface area contributed by atoms with Crippen LogP contribution in [0, 0.1) is 30.6 Å². The van der Waals surface area contributed by atoms with Crippen molar-refractivity contribution in [1.82, 2.24) is 4.72 Å². The number of carboxylic acid groups (broad SMARTS) is 1. The lowest BCUT2D eigenvalue weighted by Crippen LogP contribution is -2.35. The van der Waals surface area contributed by atoms with Crippen molar-refractivity contribution < 1.29 is 18.3 Å². The van der Waals surface area contributed by atoms with Crippen LogP contribution in [0.1, 0.15) is 44.1 Å². The van der Waals surface area contributed by atoms with Crippen molar-refractivity contribution >= 4 is 39.2 Å². The summed E-state index contributed by atoms with van der Waals surface area (Å²) in [6, 6.07) is 3.05. The van der Waals surface area contributed by atoms with Gasteiger partial charge in [0.25, 0.3) is 0 Å². The van der Waals surface area contributed by atoms with Gasteiger partial charge in [0.15, 0.2) is 0 Å². The van der Waals surface area contributed by atoms with Gasteiger partial charge in [-0.05, 0) is 80.4 Å². The molecule has 2 bridgehead atoms. The van der Waals surface area contributed by atoms with E-state index in [0.29, 0.717) is 41.3 Å². The second-order valence-electron chi connectivity index (χ2n) is 8.17. The van der Waals surface area contributed by atoms with E-state index >= 15 is 0 Å². The molecule has 2 aliphatic rings. The van der Waals surface area contributed by atoms with Crippen LogP contribution in [0.15, 0.2) is 29.2 Å². The van der Waals surface area contributed by atoms with Crippen LogP contribution >= 0.6 is 23.2 Å². The SMILES string of the molecule is Cc1cc(Cl)cc(Cl)c1S(=O)(=O)NCC1C2CCC(C2)C1/C=C\CCCC(=O)O. The van der Waals surface area contributed by atoms with E-state index < -0.39 is 16.0 Å². The maximum Gasteiger partial charge on any atom is 0.303 e. The Labute approximate surface area is 182 Å². The maximum atomic E-state index is 12.9. The molecule has 2 aliphatic carbocycles. The molecule has 0 heterocycles. The van der Waals surface area contributed by atoms with Gasteiger partial charge in [-0.3, -0.25) is 4.79 Å². The molecule has 8 heteroatoms. The van der Waals surface area contributed by atoms with Crippen molar-refractivity contribution in [2.45, 2.75) is 50.3 Å². The lowest BCUT2D eigenvalue weighted by Gasteiger charge is -2.29. The molecule has 4 unspecified atom stereocenters. The number of hydrogen-bond acceptors (Lipinski definition) is 3. The molecule has 0 aromatic heterocycles. The van der Waals surface area contributed by atoms with Crippen molar-refractivity contribution in [2.75, 3.05) is 6.54 Å². The highest BCUT2D eigenvalue weighted by atomic mass is 35.5. The Hall–Kier alpha value is -1.08. The van der Waals surface area contributed by atoms with Crippen LogP contribution in [0.4, 0.5) is 0 Å². The molecule has 3 rings (SSSR count). The van der Waals surface area contributed by atoms with Crippen LogP contribution < -0.4 is 4.72 Å². The number of carboxylic acids is 1. The van der Waals surface area contributed by atoms with Gasteiger partial charge in [0, 0.05) is 18.0 Å². The van der Waals surface area contributed by atoms with E-state index in [1.807, 2.05) is 0 Å². The molecule has 160 valence electrons. The third-order valence-electron chi connectivity index (χ3n) is 6.25. The smallest absolute Gasteiger partial charge is 0.303 e. The van der Waals surface area contributed by atoms with Crippen molar-refractivity contribution in [3.8, 4) is 0 Å². The third-order valence-corrected chi connectivity index (χ3v) is 8.50. The monoisotopic (exact) mass is 459 g/mol. The summed E-state index contributed by atoms with van der Waals surface area (Å²) in [7, 11) is -3.73. The van der Waals surface area contributed by atoms with Gasteiger partial charge in [0.05, 0.1) is 5.02 Å². The number of fused-ring (bicyclic) bond motifs is 2. The Morgan fingerprint density at radius 1 is 1.28 bits per heavy atom. The second kappa shape index (κ2) is 9.38. The van der Waals surface area contributed by atoms with Crippen molar-refractivity contribution in [3.63, 3.8) is 0 Å². The summed E-state index contributed by atoms with van der Waals surface area (Å²) in [5, 5.41) is 9.28. The molecule has 0 amide bonds. The Bertz CT molecular complexity index is 877. The minimum atomic E-state index is -3.73. The predicted octanol–water partition coefficient (Wildman–Crippen LogP) is 5.05. The van der Waals surface area contributed by atoms with Gasteiger partial charge in [-0.2, -0.15) is 0 Å². The Morgan fingerprint density at radius 3 is 2.69 bits per heavy atom. The summed E-state index contributed by atoms with van der Waals surface area (Å²) in [6.07, 6.45) is 9.24. The fraction of sp³-hybridized carbons (Fsp3) is 0.571. The molecule has 1 aromatic carbocycles. The first kappa shape index (κ1) is 22.6. The summed E-state index contributed by atoms with van der Waals surface area (Å²) in [6.45, 7) is 2.07. The average molecular weight is 460 g/mol. The van der Waals surface area contributed by atoms with Crippen LogP contribution in [-0.4, -0.2) is 26.0 Å². The van der Waals surface area contributed by atoms with Gasteiger partial charge < -0.3 is 5.11 Å². The van der Waals surface area contributed by atoms with Gasteiger partial charge in [0.2, 0.25) is 10.0 Å². The van der Waals surface area contributed by atoms with Crippen molar-refractivity contribution in [2.24, 2.45) is 23.7 Å². The molecule has 29 heavy (non-hydrogen) atoms. The van der Waals surface area contributed by atoms with Crippen LogP contribution in [-0.2, 0) is 14.8 Å². The van der Waals surface area contributed by atoms with Gasteiger partial charge in [-0.1, -0.05) is 35.4 Å². The largest absolute Gasteiger partial charge is 0.481 e. The molecule has 4 atom stereocenters. The van der Waals surface area contributed by atoms with Crippen molar-refractivity contribution in [1.29, 1.82) is 0 Å². The van der Waals surface area contributed by atoms with Gasteiger partial charge >= 0.3 is 5.97 Å². The highest BCUT2D eigenvalue weighted by Crippen LogP contribution is 2.52. The molecule has 5 nitrogen and oxygen atoms in total. The van der Waals surface area contributed by atoms with E-state index in [0.717, 1.165) is 19.3 Å². The molecule has 0 saturated heterocycles. The standard InChI is InChI=1S/C21H27Cl2NO4S/c1-13-9-16(22)11-19(23)21(13)29(27,28)24-12-18-15-8-7-14(10-15)17(18)5-3-2-4-6-20(25)26/h3,5,9,11,14-15,17-18,24H,2,4,6-8,10,12H2,1H3,(H,25,26)/b5-3-. The number of carbonyl (C=O) groups is 1. The van der Waals surface area contributed by atoms with E-state index in [1.54, 1.807) is 13.0 Å². The normalized spacial score (nSPS) is 26.4. The molecular weight excluding hydrogens is 433 g/mol. The Kier molecular flexibility index (Phi) is 7.31. The Morgan fingerprint density at radius 2 is 2.00 bits per heavy atom. The van der Waals surface area contributed by atoms with Gasteiger partial charge in [-0.25, -0.2) is 13.1 Å². The van der Waals surface area contributed by atoms with Crippen LogP contribution in [0.25, 0.3) is 0 Å². The molecular formula is C21H27Cl2NO4S. The molecule has 0 radical (unpaired) electrons. The summed E-state index contributed by atoms with van der Waals surface area (Å²) in [5.74, 6) is 0.930. The highest BCUT2D eigenvalue weighted by molar-refractivity contribution is 7.89. The number of unbranched alkanes of at least 4 members (excludes halogenated alkanes) is 1. The molecule has 2 saturated carbocycles. The van der Waals surface area contributed by atoms with Crippen LogP contribution in [0.5, 0.6) is 0 Å². The first-order valence-electron chi connectivity index (χ1n) is 10.0. The van der Waals surface area contributed by atoms with E-state index in [-0.39, 0.29) is 22.3 Å². The topological polar surface area (TPSA) is 83.5 Å². The lowest BCUT2D eigenvalue weighted by atomic mass is 9.79. The zero-order valence-electron chi connectivity index (χ0n) is 16.4. The first-order chi connectivity index (χ1) is 13.7. The molecule has 0 spiro atoms. The molecule has 2 fully saturated rings. The number of aliphatic carboxylic acids is 1. The summed E-state index contributed by atoms with van der Waals surface area (Å²) in [5.41, 5.74) is 0.526. The molecule has 2 N–H and O–H groups in total. The van der Waals surface area contributed by atoms with E-state index in [9.17, 15) is 13.2 Å². The fourth-order valence-corrected chi connectivity index (χ4v) is 7.24. The maximum absolute atomic E-state index is 12.9. The quantitative estimate of drug-likeness (QED) is 0.399. The minimum Gasteiger partial charge on any atom is -0.481 e. The number of sulfonamides is 1. The summed E-state index contributed by atoms with van der Waals surface area (Å²) >= 11 is 12.1. The molecule has 0 aliphatic heterocycles. The highest BCUT2D eigenvalue weighted by Gasteiger charge is 2.46. The van der Waals surface area contributed by atoms with Crippen LogP contribution in [0.2, 0.25) is 10.0 Å². The number of benzene rings is 1.